The van der Waals surface area contributed by atoms with E-state index in [-0.39, 0.29) is 5.91 Å². The molecular weight excluding hydrogens is 360 g/mol. The summed E-state index contributed by atoms with van der Waals surface area (Å²) in [6, 6.07) is 9.83. The zero-order valence-corrected chi connectivity index (χ0v) is 16.5. The van der Waals surface area contributed by atoms with Gasteiger partial charge in [-0.2, -0.15) is 0 Å². The fraction of sp³-hybridized carbons (Fsp3) is 0.190. The number of carbonyl (C=O) groups is 1. The molecule has 138 valence electrons. The van der Waals surface area contributed by atoms with Gasteiger partial charge in [0, 0.05) is 18.1 Å². The van der Waals surface area contributed by atoms with Crippen LogP contribution in [0.5, 0.6) is 0 Å². The summed E-state index contributed by atoms with van der Waals surface area (Å²) in [4.78, 5) is 21.0. The highest BCUT2D eigenvalue weighted by Gasteiger charge is 2.13. The highest BCUT2D eigenvalue weighted by Crippen LogP contribution is 2.28. The Morgan fingerprint density at radius 2 is 1.56 bits per heavy atom. The number of nitrogens with zero attached hydrogens (tertiary/aromatic N) is 2. The minimum Gasteiger partial charge on any atom is -0.324 e. The van der Waals surface area contributed by atoms with Gasteiger partial charge in [0.1, 0.15) is 0 Å². The summed E-state index contributed by atoms with van der Waals surface area (Å²) in [5.41, 5.74) is 6.08. The van der Waals surface area contributed by atoms with Crippen molar-refractivity contribution in [2.75, 3.05) is 10.6 Å². The molecule has 5 nitrogen and oxygen atoms in total. The van der Waals surface area contributed by atoms with E-state index in [1.54, 1.807) is 0 Å². The van der Waals surface area contributed by atoms with Crippen LogP contribution in [0, 0.1) is 27.7 Å². The molecule has 0 fully saturated rings. The van der Waals surface area contributed by atoms with Crippen LogP contribution in [0.25, 0.3) is 0 Å². The molecule has 1 heterocycles. The fourth-order valence-electron chi connectivity index (χ4n) is 2.89. The molecule has 1 amide bonds. The molecule has 0 bridgehead atoms. The second-order valence-corrected chi connectivity index (χ2v) is 6.99. The molecule has 27 heavy (non-hydrogen) atoms. The molecule has 3 rings (SSSR count). The molecule has 0 aliphatic heterocycles. The van der Waals surface area contributed by atoms with Crippen molar-refractivity contribution >= 4 is 34.8 Å². The zero-order chi connectivity index (χ0) is 19.6. The van der Waals surface area contributed by atoms with E-state index in [1.807, 2.05) is 58.0 Å². The van der Waals surface area contributed by atoms with Crippen molar-refractivity contribution in [1.82, 2.24) is 9.97 Å². The molecule has 0 saturated carbocycles. The van der Waals surface area contributed by atoms with Crippen LogP contribution in [0.4, 0.5) is 17.3 Å². The normalized spacial score (nSPS) is 10.6. The summed E-state index contributed by atoms with van der Waals surface area (Å²) in [5, 5.41) is 6.55. The third-order valence-electron chi connectivity index (χ3n) is 4.30. The number of carbonyl (C=O) groups excluding carboxylic acids is 1. The third-order valence-corrected chi connectivity index (χ3v) is 4.60. The van der Waals surface area contributed by atoms with E-state index in [0.29, 0.717) is 22.2 Å². The highest BCUT2D eigenvalue weighted by atomic mass is 35.5. The van der Waals surface area contributed by atoms with Gasteiger partial charge in [-0.3, -0.25) is 4.79 Å². The van der Waals surface area contributed by atoms with E-state index < -0.39 is 0 Å². The second kappa shape index (κ2) is 7.76. The summed E-state index contributed by atoms with van der Waals surface area (Å²) in [7, 11) is 0. The lowest BCUT2D eigenvalue weighted by molar-refractivity contribution is 0.102. The van der Waals surface area contributed by atoms with Gasteiger partial charge in [0.15, 0.2) is 0 Å². The minimum absolute atomic E-state index is 0.303. The molecule has 6 heteroatoms. The number of anilines is 3. The van der Waals surface area contributed by atoms with Crippen LogP contribution in [0.15, 0.2) is 42.7 Å². The predicted octanol–water partition coefficient (Wildman–Crippen LogP) is 5.36. The van der Waals surface area contributed by atoms with Crippen LogP contribution >= 0.6 is 11.6 Å². The number of hydrogen-bond donors (Lipinski definition) is 2. The maximum absolute atomic E-state index is 12.5. The Labute approximate surface area is 163 Å². The molecule has 2 N–H and O–H groups in total. The number of hydrogen-bond acceptors (Lipinski definition) is 4. The van der Waals surface area contributed by atoms with Crippen molar-refractivity contribution in [1.29, 1.82) is 0 Å². The average Bonchev–Trinajstić information content (AvgIpc) is 2.61. The van der Waals surface area contributed by atoms with E-state index in [1.165, 1.54) is 12.4 Å². The third kappa shape index (κ3) is 4.26. The van der Waals surface area contributed by atoms with Crippen LogP contribution in [0.2, 0.25) is 5.02 Å². The first kappa shape index (κ1) is 18.9. The lowest BCUT2D eigenvalue weighted by atomic mass is 10.1. The van der Waals surface area contributed by atoms with Crippen molar-refractivity contribution in [3.63, 3.8) is 0 Å². The molecule has 2 aromatic carbocycles. The predicted molar refractivity (Wildman–Crippen MR) is 110 cm³/mol. The molecule has 3 aromatic rings. The summed E-state index contributed by atoms with van der Waals surface area (Å²) >= 11 is 6.26. The van der Waals surface area contributed by atoms with Crippen LogP contribution in [0.1, 0.15) is 32.6 Å². The topological polar surface area (TPSA) is 66.9 Å². The van der Waals surface area contributed by atoms with Crippen molar-refractivity contribution in [2.45, 2.75) is 27.7 Å². The molecule has 0 atom stereocenters. The summed E-state index contributed by atoms with van der Waals surface area (Å²) < 4.78 is 0. The van der Waals surface area contributed by atoms with Gasteiger partial charge in [0.05, 0.1) is 16.3 Å². The van der Waals surface area contributed by atoms with E-state index in [9.17, 15) is 4.79 Å². The van der Waals surface area contributed by atoms with Crippen molar-refractivity contribution in [3.05, 3.63) is 75.6 Å². The number of aromatic nitrogens is 2. The van der Waals surface area contributed by atoms with E-state index in [0.717, 1.165) is 27.9 Å². The van der Waals surface area contributed by atoms with Crippen molar-refractivity contribution in [2.24, 2.45) is 0 Å². The molecule has 0 unspecified atom stereocenters. The van der Waals surface area contributed by atoms with Crippen LogP contribution in [0.3, 0.4) is 0 Å². The number of halogens is 1. The quantitative estimate of drug-likeness (QED) is 0.639. The van der Waals surface area contributed by atoms with Gasteiger partial charge >= 0.3 is 0 Å². The largest absolute Gasteiger partial charge is 0.324 e. The molecule has 0 saturated heterocycles. The van der Waals surface area contributed by atoms with Crippen LogP contribution in [-0.4, -0.2) is 15.9 Å². The van der Waals surface area contributed by atoms with Gasteiger partial charge in [-0.1, -0.05) is 35.9 Å². The number of nitrogens with one attached hydrogen (secondary N) is 2. The Morgan fingerprint density at radius 1 is 0.926 bits per heavy atom. The average molecular weight is 381 g/mol. The second-order valence-electron chi connectivity index (χ2n) is 6.58. The molecule has 0 radical (unpaired) electrons. The molecule has 0 spiro atoms. The van der Waals surface area contributed by atoms with Crippen LogP contribution < -0.4 is 10.6 Å². The SMILES string of the molecule is Cc1cc(C)c(NC(=O)c2cnc(Nc3c(C)cccc3C)nc2)c(Cl)c1. The number of para-hydroxylation sites is 1. The van der Waals surface area contributed by atoms with Gasteiger partial charge in [-0.25, -0.2) is 9.97 Å². The Hall–Kier alpha value is -2.92. The van der Waals surface area contributed by atoms with E-state index in [2.05, 4.69) is 20.6 Å². The maximum Gasteiger partial charge on any atom is 0.258 e. The first-order chi connectivity index (χ1) is 12.8. The first-order valence-electron chi connectivity index (χ1n) is 8.58. The Bertz CT molecular complexity index is 956. The Kier molecular flexibility index (Phi) is 5.42. The molecular formula is C21H21ClN4O. The lowest BCUT2D eigenvalue weighted by Gasteiger charge is -2.12. The monoisotopic (exact) mass is 380 g/mol. The van der Waals surface area contributed by atoms with E-state index >= 15 is 0 Å². The number of benzene rings is 2. The number of amides is 1. The zero-order valence-electron chi connectivity index (χ0n) is 15.7. The Morgan fingerprint density at radius 3 is 2.15 bits per heavy atom. The standard InChI is InChI=1S/C21H21ClN4O/c1-12-8-15(4)19(17(22)9-12)25-20(27)16-10-23-21(24-11-16)26-18-13(2)6-5-7-14(18)3/h5-11H,1-4H3,(H,25,27)(H,23,24,26). The lowest BCUT2D eigenvalue weighted by Crippen LogP contribution is -2.14. The summed E-state index contributed by atoms with van der Waals surface area (Å²) in [6.07, 6.45) is 2.99. The summed E-state index contributed by atoms with van der Waals surface area (Å²) in [5.74, 6) is 0.135. The molecule has 0 aliphatic rings. The van der Waals surface area contributed by atoms with Gasteiger partial charge in [-0.15, -0.1) is 0 Å². The first-order valence-corrected chi connectivity index (χ1v) is 8.96. The van der Waals surface area contributed by atoms with Gasteiger partial charge in [0.25, 0.3) is 5.91 Å². The minimum atomic E-state index is -0.303. The number of aryl methyl sites for hydroxylation is 4. The maximum atomic E-state index is 12.5. The van der Waals surface area contributed by atoms with Gasteiger partial charge in [-0.05, 0) is 56.0 Å². The molecule has 0 aliphatic carbocycles. The van der Waals surface area contributed by atoms with Crippen molar-refractivity contribution < 1.29 is 4.79 Å². The fourth-order valence-corrected chi connectivity index (χ4v) is 3.26. The van der Waals surface area contributed by atoms with Gasteiger partial charge in [0.2, 0.25) is 5.95 Å². The number of rotatable bonds is 4. The highest BCUT2D eigenvalue weighted by molar-refractivity contribution is 6.34. The van der Waals surface area contributed by atoms with Gasteiger partial charge < -0.3 is 10.6 Å². The van der Waals surface area contributed by atoms with E-state index in [4.69, 9.17) is 11.6 Å². The molecule has 1 aromatic heterocycles. The smallest absolute Gasteiger partial charge is 0.258 e. The summed E-state index contributed by atoms with van der Waals surface area (Å²) in [6.45, 7) is 7.90. The Balaban J connectivity index is 1.76. The van der Waals surface area contributed by atoms with Crippen LogP contribution in [-0.2, 0) is 0 Å². The van der Waals surface area contributed by atoms with Crippen molar-refractivity contribution in [3.8, 4) is 0 Å².